The molecule has 3 aromatic rings. The molecule has 1 saturated heterocycles. The standard InChI is InChI=1S/C19H25N5O2S2/c1-19(2,3)16-13-24-18(21-16)27-17(22-24)20-12-14-6-8-15(9-7-14)28(25,26)23-10-4-5-11-23/h6-9,13H,4-5,10-12H2,1-3H3,(H,20,22). The number of sulfonamides is 1. The van der Waals surface area contributed by atoms with Gasteiger partial charge in [-0.1, -0.05) is 44.2 Å². The third-order valence-electron chi connectivity index (χ3n) is 4.88. The summed E-state index contributed by atoms with van der Waals surface area (Å²) in [6.45, 7) is 8.21. The van der Waals surface area contributed by atoms with Crippen molar-refractivity contribution in [3.05, 3.63) is 41.7 Å². The molecule has 3 heterocycles. The van der Waals surface area contributed by atoms with Gasteiger partial charge in [0, 0.05) is 25.0 Å². The highest BCUT2D eigenvalue weighted by Gasteiger charge is 2.26. The fourth-order valence-corrected chi connectivity index (χ4v) is 5.46. The van der Waals surface area contributed by atoms with E-state index in [9.17, 15) is 8.42 Å². The Kier molecular flexibility index (Phi) is 4.93. The molecule has 0 aliphatic carbocycles. The topological polar surface area (TPSA) is 79.6 Å². The molecule has 28 heavy (non-hydrogen) atoms. The quantitative estimate of drug-likeness (QED) is 0.685. The Morgan fingerprint density at radius 1 is 1.14 bits per heavy atom. The second-order valence-electron chi connectivity index (χ2n) is 8.12. The molecular weight excluding hydrogens is 394 g/mol. The Labute approximate surface area is 169 Å². The molecule has 9 heteroatoms. The molecule has 7 nitrogen and oxygen atoms in total. The van der Waals surface area contributed by atoms with E-state index in [0.717, 1.165) is 34.2 Å². The van der Waals surface area contributed by atoms with Crippen molar-refractivity contribution in [2.75, 3.05) is 18.4 Å². The maximum Gasteiger partial charge on any atom is 0.243 e. The minimum atomic E-state index is -3.36. The number of nitrogens with one attached hydrogen (secondary N) is 1. The van der Waals surface area contributed by atoms with Crippen molar-refractivity contribution in [2.45, 2.75) is 50.5 Å². The van der Waals surface area contributed by atoms with Crippen molar-refractivity contribution >= 4 is 31.5 Å². The minimum absolute atomic E-state index is 0.00182. The first-order valence-corrected chi connectivity index (χ1v) is 11.7. The van der Waals surface area contributed by atoms with E-state index >= 15 is 0 Å². The highest BCUT2D eigenvalue weighted by molar-refractivity contribution is 7.89. The average molecular weight is 420 g/mol. The first-order chi connectivity index (χ1) is 13.2. The Morgan fingerprint density at radius 2 is 1.82 bits per heavy atom. The second-order valence-corrected chi connectivity index (χ2v) is 11.0. The van der Waals surface area contributed by atoms with Gasteiger partial charge in [-0.05, 0) is 30.5 Å². The molecule has 4 rings (SSSR count). The van der Waals surface area contributed by atoms with Crippen molar-refractivity contribution in [1.82, 2.24) is 18.9 Å². The molecule has 0 atom stereocenters. The normalized spacial score (nSPS) is 16.1. The van der Waals surface area contributed by atoms with Crippen molar-refractivity contribution < 1.29 is 8.42 Å². The van der Waals surface area contributed by atoms with E-state index in [-0.39, 0.29) is 5.41 Å². The zero-order valence-corrected chi connectivity index (χ0v) is 18.0. The molecule has 1 aromatic carbocycles. The number of hydrogen-bond donors (Lipinski definition) is 1. The van der Waals surface area contributed by atoms with Gasteiger partial charge in [0.2, 0.25) is 20.1 Å². The van der Waals surface area contributed by atoms with E-state index in [1.165, 1.54) is 11.3 Å². The van der Waals surface area contributed by atoms with Gasteiger partial charge in [-0.3, -0.25) is 0 Å². The van der Waals surface area contributed by atoms with E-state index < -0.39 is 10.0 Å². The van der Waals surface area contributed by atoms with Gasteiger partial charge < -0.3 is 5.32 Å². The number of imidazole rings is 1. The number of anilines is 1. The van der Waals surface area contributed by atoms with Gasteiger partial charge in [0.1, 0.15) is 0 Å². The summed E-state index contributed by atoms with van der Waals surface area (Å²) in [4.78, 5) is 5.87. The largest absolute Gasteiger partial charge is 0.356 e. The number of rotatable bonds is 5. The molecule has 1 aliphatic rings. The molecule has 2 aromatic heterocycles. The van der Waals surface area contributed by atoms with Crippen LogP contribution in [0.4, 0.5) is 5.13 Å². The summed E-state index contributed by atoms with van der Waals surface area (Å²) in [5.74, 6) is 0. The molecule has 0 unspecified atom stereocenters. The van der Waals surface area contributed by atoms with Gasteiger partial charge in [-0.25, -0.2) is 17.9 Å². The molecular formula is C19H25N5O2S2. The van der Waals surface area contributed by atoms with Crippen LogP contribution in [0.5, 0.6) is 0 Å². The van der Waals surface area contributed by atoms with Gasteiger partial charge >= 0.3 is 0 Å². The van der Waals surface area contributed by atoms with E-state index in [0.29, 0.717) is 24.5 Å². The number of benzene rings is 1. The third kappa shape index (κ3) is 3.78. The van der Waals surface area contributed by atoms with Crippen LogP contribution in [0.25, 0.3) is 4.96 Å². The zero-order chi connectivity index (χ0) is 19.9. The molecule has 1 aliphatic heterocycles. The number of fused-ring (bicyclic) bond motifs is 1. The molecule has 1 N–H and O–H groups in total. The molecule has 0 bridgehead atoms. The van der Waals surface area contributed by atoms with Crippen LogP contribution in [0.2, 0.25) is 0 Å². The van der Waals surface area contributed by atoms with E-state index in [2.05, 4.69) is 36.2 Å². The van der Waals surface area contributed by atoms with Crippen LogP contribution >= 0.6 is 11.3 Å². The summed E-state index contributed by atoms with van der Waals surface area (Å²) < 4.78 is 28.5. The van der Waals surface area contributed by atoms with Gasteiger partial charge in [0.05, 0.1) is 16.8 Å². The first kappa shape index (κ1) is 19.4. The third-order valence-corrected chi connectivity index (χ3v) is 7.67. The lowest BCUT2D eigenvalue weighted by atomic mass is 9.93. The Balaban J connectivity index is 1.42. The van der Waals surface area contributed by atoms with Crippen molar-refractivity contribution in [1.29, 1.82) is 0 Å². The number of aromatic nitrogens is 3. The fraction of sp³-hybridized carbons (Fsp3) is 0.474. The fourth-order valence-electron chi connectivity index (χ4n) is 3.17. The highest BCUT2D eigenvalue weighted by atomic mass is 32.2. The summed E-state index contributed by atoms with van der Waals surface area (Å²) in [6, 6.07) is 7.09. The van der Waals surface area contributed by atoms with Crippen LogP contribution in [-0.4, -0.2) is 40.4 Å². The minimum Gasteiger partial charge on any atom is -0.356 e. The maximum atomic E-state index is 12.6. The predicted molar refractivity (Wildman–Crippen MR) is 111 cm³/mol. The molecule has 0 amide bonds. The lowest BCUT2D eigenvalue weighted by Gasteiger charge is -2.15. The smallest absolute Gasteiger partial charge is 0.243 e. The second kappa shape index (κ2) is 7.13. The van der Waals surface area contributed by atoms with Crippen molar-refractivity contribution in [3.63, 3.8) is 0 Å². The lowest BCUT2D eigenvalue weighted by molar-refractivity contribution is 0.477. The zero-order valence-electron chi connectivity index (χ0n) is 16.3. The molecule has 0 saturated carbocycles. The van der Waals surface area contributed by atoms with E-state index in [1.54, 1.807) is 21.0 Å². The molecule has 0 radical (unpaired) electrons. The SMILES string of the molecule is CC(C)(C)c1cn2nc(NCc3ccc(S(=O)(=O)N4CCCC4)cc3)sc2n1. The first-order valence-electron chi connectivity index (χ1n) is 9.43. The van der Waals surface area contributed by atoms with Gasteiger partial charge in [0.15, 0.2) is 0 Å². The van der Waals surface area contributed by atoms with E-state index in [1.807, 2.05) is 18.3 Å². The van der Waals surface area contributed by atoms with Crippen LogP contribution in [0.1, 0.15) is 44.9 Å². The highest BCUT2D eigenvalue weighted by Crippen LogP contribution is 2.26. The number of hydrogen-bond acceptors (Lipinski definition) is 6. The predicted octanol–water partition coefficient (Wildman–Crippen LogP) is 3.48. The summed E-state index contributed by atoms with van der Waals surface area (Å²) >= 11 is 1.50. The van der Waals surface area contributed by atoms with Crippen LogP contribution in [-0.2, 0) is 22.0 Å². The van der Waals surface area contributed by atoms with Gasteiger partial charge in [-0.15, -0.1) is 5.10 Å². The monoisotopic (exact) mass is 419 g/mol. The summed E-state index contributed by atoms with van der Waals surface area (Å²) in [5, 5.41) is 8.61. The van der Waals surface area contributed by atoms with Gasteiger partial charge in [-0.2, -0.15) is 4.31 Å². The van der Waals surface area contributed by atoms with E-state index in [4.69, 9.17) is 0 Å². The summed E-state index contributed by atoms with van der Waals surface area (Å²) in [5.41, 5.74) is 2.02. The number of nitrogens with zero attached hydrogens (tertiary/aromatic N) is 4. The average Bonchev–Trinajstić information content (AvgIpc) is 3.35. The summed E-state index contributed by atoms with van der Waals surface area (Å²) in [7, 11) is -3.36. The van der Waals surface area contributed by atoms with Crippen LogP contribution in [0, 0.1) is 0 Å². The Hall–Kier alpha value is -1.97. The Morgan fingerprint density at radius 3 is 2.43 bits per heavy atom. The van der Waals surface area contributed by atoms with Crippen LogP contribution in [0.15, 0.2) is 35.4 Å². The molecule has 1 fully saturated rings. The molecule has 0 spiro atoms. The van der Waals surface area contributed by atoms with Gasteiger partial charge in [0.25, 0.3) is 0 Å². The Bertz CT molecular complexity index is 1040. The van der Waals surface area contributed by atoms with Crippen LogP contribution < -0.4 is 5.32 Å². The summed E-state index contributed by atoms with van der Waals surface area (Å²) in [6.07, 6.45) is 3.85. The lowest BCUT2D eigenvalue weighted by Crippen LogP contribution is -2.27. The van der Waals surface area contributed by atoms with Crippen molar-refractivity contribution in [2.24, 2.45) is 0 Å². The maximum absolute atomic E-state index is 12.6. The van der Waals surface area contributed by atoms with Crippen LogP contribution in [0.3, 0.4) is 0 Å². The van der Waals surface area contributed by atoms with Crippen molar-refractivity contribution in [3.8, 4) is 0 Å². The molecule has 150 valence electrons.